The van der Waals surface area contributed by atoms with Crippen molar-refractivity contribution in [2.45, 2.75) is 5.38 Å². The normalized spacial score (nSPS) is 12.2. The molecule has 0 bridgehead atoms. The lowest BCUT2D eigenvalue weighted by atomic mass is 10.0. The highest BCUT2D eigenvalue weighted by molar-refractivity contribution is 6.22. The first-order chi connectivity index (χ1) is 8.20. The van der Waals surface area contributed by atoms with Gasteiger partial charge < -0.3 is 4.74 Å². The third kappa shape index (κ3) is 2.77. The number of ether oxygens (including phenoxy) is 1. The summed E-state index contributed by atoms with van der Waals surface area (Å²) in [5.74, 6) is 0.499. The van der Waals surface area contributed by atoms with E-state index in [2.05, 4.69) is 0 Å². The fraction of sp³-hybridized carbons (Fsp3) is 0.143. The van der Waals surface area contributed by atoms with Gasteiger partial charge in [-0.15, -0.1) is 11.6 Å². The minimum absolute atomic E-state index is 0.276. The molecule has 2 rings (SSSR count). The second-order valence-electron chi connectivity index (χ2n) is 3.69. The van der Waals surface area contributed by atoms with Gasteiger partial charge in [0, 0.05) is 0 Å². The van der Waals surface area contributed by atoms with Crippen LogP contribution < -0.4 is 4.74 Å². The summed E-state index contributed by atoms with van der Waals surface area (Å²) < 4.78 is 18.2. The predicted molar refractivity (Wildman–Crippen MR) is 67.1 cm³/mol. The molecule has 1 unspecified atom stereocenters. The Morgan fingerprint density at radius 3 is 2.35 bits per heavy atom. The number of hydrogen-bond donors (Lipinski definition) is 0. The van der Waals surface area contributed by atoms with E-state index < -0.39 is 0 Å². The minimum atomic E-state index is -0.350. The van der Waals surface area contributed by atoms with Gasteiger partial charge in [0.25, 0.3) is 0 Å². The standard InChI is InChI=1S/C14H12ClFO/c1-17-13-7-5-10(6-8-13)14(15)11-3-2-4-12(16)9-11/h2-9,14H,1H3. The van der Waals surface area contributed by atoms with Gasteiger partial charge in [0.15, 0.2) is 0 Å². The number of halogens is 2. The van der Waals surface area contributed by atoms with Gasteiger partial charge in [-0.25, -0.2) is 4.39 Å². The van der Waals surface area contributed by atoms with Crippen LogP contribution in [0, 0.1) is 5.82 Å². The van der Waals surface area contributed by atoms with Crippen LogP contribution >= 0.6 is 11.6 Å². The van der Waals surface area contributed by atoms with Crippen molar-refractivity contribution in [3.8, 4) is 5.75 Å². The zero-order valence-electron chi connectivity index (χ0n) is 9.36. The van der Waals surface area contributed by atoms with Crippen LogP contribution in [0.25, 0.3) is 0 Å². The van der Waals surface area contributed by atoms with Gasteiger partial charge in [0.1, 0.15) is 11.6 Å². The Kier molecular flexibility index (Phi) is 3.64. The van der Waals surface area contributed by atoms with Gasteiger partial charge >= 0.3 is 0 Å². The Morgan fingerprint density at radius 1 is 1.06 bits per heavy atom. The molecule has 0 fully saturated rings. The number of rotatable bonds is 3. The average Bonchev–Trinajstić information content (AvgIpc) is 2.38. The highest BCUT2D eigenvalue weighted by atomic mass is 35.5. The first-order valence-corrected chi connectivity index (χ1v) is 5.68. The van der Waals surface area contributed by atoms with Crippen LogP contribution in [0.5, 0.6) is 5.75 Å². The molecule has 0 saturated carbocycles. The van der Waals surface area contributed by atoms with Crippen molar-refractivity contribution in [2.24, 2.45) is 0 Å². The van der Waals surface area contributed by atoms with E-state index in [1.54, 1.807) is 13.2 Å². The van der Waals surface area contributed by atoms with Crippen molar-refractivity contribution in [3.63, 3.8) is 0 Å². The molecule has 2 aromatic carbocycles. The van der Waals surface area contributed by atoms with Crippen molar-refractivity contribution in [3.05, 3.63) is 65.5 Å². The first kappa shape index (κ1) is 11.9. The van der Waals surface area contributed by atoms with Crippen molar-refractivity contribution < 1.29 is 9.13 Å². The van der Waals surface area contributed by atoms with E-state index in [0.717, 1.165) is 16.9 Å². The predicted octanol–water partition coefficient (Wildman–Crippen LogP) is 4.16. The zero-order chi connectivity index (χ0) is 12.3. The molecule has 0 aliphatic heterocycles. The fourth-order valence-electron chi connectivity index (χ4n) is 1.63. The molecule has 0 N–H and O–H groups in total. The molecule has 0 radical (unpaired) electrons. The summed E-state index contributed by atoms with van der Waals surface area (Å²) in [7, 11) is 1.61. The van der Waals surface area contributed by atoms with Crippen LogP contribution in [-0.2, 0) is 0 Å². The molecule has 1 nitrogen and oxygen atoms in total. The van der Waals surface area contributed by atoms with E-state index in [4.69, 9.17) is 16.3 Å². The van der Waals surface area contributed by atoms with Gasteiger partial charge in [-0.1, -0.05) is 24.3 Å². The molecule has 1 atom stereocenters. The van der Waals surface area contributed by atoms with Gasteiger partial charge in [-0.2, -0.15) is 0 Å². The second kappa shape index (κ2) is 5.19. The third-order valence-corrected chi connectivity index (χ3v) is 3.05. The first-order valence-electron chi connectivity index (χ1n) is 5.24. The lowest BCUT2D eigenvalue weighted by Gasteiger charge is -2.11. The van der Waals surface area contributed by atoms with Crippen molar-refractivity contribution in [1.82, 2.24) is 0 Å². The monoisotopic (exact) mass is 250 g/mol. The zero-order valence-corrected chi connectivity index (χ0v) is 10.1. The molecular weight excluding hydrogens is 239 g/mol. The van der Waals surface area contributed by atoms with Gasteiger partial charge in [-0.05, 0) is 35.4 Å². The highest BCUT2D eigenvalue weighted by Crippen LogP contribution is 2.29. The second-order valence-corrected chi connectivity index (χ2v) is 4.13. The summed E-state index contributed by atoms with van der Waals surface area (Å²) in [6.45, 7) is 0. The molecule has 0 aromatic heterocycles. The van der Waals surface area contributed by atoms with Crippen LogP contribution in [-0.4, -0.2) is 7.11 Å². The Bertz CT molecular complexity index is 496. The van der Waals surface area contributed by atoms with E-state index in [1.807, 2.05) is 30.3 Å². The van der Waals surface area contributed by atoms with Crippen LogP contribution in [0.2, 0.25) is 0 Å². The molecule has 88 valence electrons. The number of benzene rings is 2. The highest BCUT2D eigenvalue weighted by Gasteiger charge is 2.11. The summed E-state index contributed by atoms with van der Waals surface area (Å²) in [5, 5.41) is -0.350. The van der Waals surface area contributed by atoms with Crippen molar-refractivity contribution >= 4 is 11.6 Å². The molecule has 0 aliphatic rings. The van der Waals surface area contributed by atoms with Gasteiger partial charge in [0.2, 0.25) is 0 Å². The Hall–Kier alpha value is -1.54. The molecule has 0 aliphatic carbocycles. The minimum Gasteiger partial charge on any atom is -0.497 e. The molecule has 0 amide bonds. The number of alkyl halides is 1. The van der Waals surface area contributed by atoms with Gasteiger partial charge in [-0.3, -0.25) is 0 Å². The van der Waals surface area contributed by atoms with Gasteiger partial charge in [0.05, 0.1) is 12.5 Å². The van der Waals surface area contributed by atoms with Crippen molar-refractivity contribution in [2.75, 3.05) is 7.11 Å². The Balaban J connectivity index is 2.27. The maximum absolute atomic E-state index is 13.1. The van der Waals surface area contributed by atoms with E-state index in [0.29, 0.717) is 0 Å². The summed E-state index contributed by atoms with van der Waals surface area (Å²) in [5.41, 5.74) is 1.66. The summed E-state index contributed by atoms with van der Waals surface area (Å²) >= 11 is 6.29. The van der Waals surface area contributed by atoms with Crippen LogP contribution in [0.4, 0.5) is 4.39 Å². The maximum atomic E-state index is 13.1. The number of methoxy groups -OCH3 is 1. The van der Waals surface area contributed by atoms with E-state index in [-0.39, 0.29) is 11.2 Å². The summed E-state index contributed by atoms with van der Waals surface area (Å²) in [6.07, 6.45) is 0. The van der Waals surface area contributed by atoms with E-state index >= 15 is 0 Å². The largest absolute Gasteiger partial charge is 0.497 e. The van der Waals surface area contributed by atoms with E-state index in [9.17, 15) is 4.39 Å². The van der Waals surface area contributed by atoms with Crippen molar-refractivity contribution in [1.29, 1.82) is 0 Å². The summed E-state index contributed by atoms with van der Waals surface area (Å²) in [6, 6.07) is 13.7. The van der Waals surface area contributed by atoms with Crippen LogP contribution in [0.3, 0.4) is 0 Å². The Labute approximate surface area is 105 Å². The quantitative estimate of drug-likeness (QED) is 0.743. The lowest BCUT2D eigenvalue weighted by molar-refractivity contribution is 0.414. The molecule has 17 heavy (non-hydrogen) atoms. The molecule has 0 spiro atoms. The average molecular weight is 251 g/mol. The third-order valence-electron chi connectivity index (χ3n) is 2.55. The molecule has 2 aromatic rings. The molecule has 0 heterocycles. The van der Waals surface area contributed by atoms with Crippen LogP contribution in [0.15, 0.2) is 48.5 Å². The smallest absolute Gasteiger partial charge is 0.123 e. The maximum Gasteiger partial charge on any atom is 0.123 e. The summed E-state index contributed by atoms with van der Waals surface area (Å²) in [4.78, 5) is 0. The van der Waals surface area contributed by atoms with E-state index in [1.165, 1.54) is 12.1 Å². The molecule has 3 heteroatoms. The molecule has 0 saturated heterocycles. The SMILES string of the molecule is COc1ccc(C(Cl)c2cccc(F)c2)cc1. The fourth-order valence-corrected chi connectivity index (χ4v) is 1.91. The molecular formula is C14H12ClFO. The Morgan fingerprint density at radius 2 is 1.76 bits per heavy atom. The topological polar surface area (TPSA) is 9.23 Å². The lowest BCUT2D eigenvalue weighted by Crippen LogP contribution is -1.94. The van der Waals surface area contributed by atoms with Crippen LogP contribution in [0.1, 0.15) is 16.5 Å². The number of hydrogen-bond acceptors (Lipinski definition) is 1.